The van der Waals surface area contributed by atoms with E-state index in [9.17, 15) is 0 Å². The van der Waals surface area contributed by atoms with Gasteiger partial charge < -0.3 is 4.74 Å². The van der Waals surface area contributed by atoms with Crippen LogP contribution < -0.4 is 10.9 Å². The minimum atomic E-state index is 0.649. The summed E-state index contributed by atoms with van der Waals surface area (Å²) in [6.45, 7) is 2.77. The van der Waals surface area contributed by atoms with E-state index < -0.39 is 0 Å². The number of ether oxygens (including phenoxy) is 1. The predicted octanol–water partition coefficient (Wildman–Crippen LogP) is -0.238. The van der Waals surface area contributed by atoms with Gasteiger partial charge in [0, 0.05) is 20.2 Å². The van der Waals surface area contributed by atoms with E-state index in [-0.39, 0.29) is 0 Å². The first-order valence-electron chi connectivity index (χ1n) is 3.32. The fraction of sp³-hybridized carbons (Fsp3) is 1.00. The van der Waals surface area contributed by atoms with Crippen LogP contribution >= 0.6 is 0 Å². The maximum Gasteiger partial charge on any atom is 0.0504 e. The van der Waals surface area contributed by atoms with E-state index in [0.717, 1.165) is 19.7 Å². The third kappa shape index (κ3) is 2.30. The van der Waals surface area contributed by atoms with Crippen LogP contribution in [0.25, 0.3) is 0 Å². The Hall–Kier alpha value is -0.120. The normalized spacial score (nSPS) is 28.3. The molecule has 0 saturated carbocycles. The molecule has 1 unspecified atom stereocenters. The lowest BCUT2D eigenvalue weighted by Gasteiger charge is -2.20. The smallest absolute Gasteiger partial charge is 0.0504 e. The molecule has 0 aliphatic carbocycles. The molecule has 0 aromatic carbocycles. The van der Waals surface area contributed by atoms with E-state index in [2.05, 4.69) is 10.9 Å². The number of rotatable bonds is 2. The standard InChI is InChI=1S/C6H13N2O/c1-9-5-6-2-3-7-8-4-6/h6-7H,2-5H2,1H3. The molecule has 1 heterocycles. The van der Waals surface area contributed by atoms with E-state index in [1.807, 2.05) is 0 Å². The van der Waals surface area contributed by atoms with E-state index in [4.69, 9.17) is 4.74 Å². The predicted molar refractivity (Wildman–Crippen MR) is 35.0 cm³/mol. The minimum Gasteiger partial charge on any atom is -0.384 e. The highest BCUT2D eigenvalue weighted by Crippen LogP contribution is 2.03. The molecule has 1 atom stereocenters. The van der Waals surface area contributed by atoms with Crippen molar-refractivity contribution < 1.29 is 4.74 Å². The van der Waals surface area contributed by atoms with Gasteiger partial charge in [0.15, 0.2) is 0 Å². The van der Waals surface area contributed by atoms with Crippen LogP contribution in [0.5, 0.6) is 0 Å². The van der Waals surface area contributed by atoms with Crippen LogP contribution in [0.4, 0.5) is 0 Å². The number of hydrogen-bond donors (Lipinski definition) is 1. The fourth-order valence-corrected chi connectivity index (χ4v) is 1.00. The van der Waals surface area contributed by atoms with Crippen LogP contribution in [0.1, 0.15) is 6.42 Å². The minimum absolute atomic E-state index is 0.649. The second kappa shape index (κ2) is 3.82. The molecule has 1 aliphatic heterocycles. The summed E-state index contributed by atoms with van der Waals surface area (Å²) in [5.74, 6) is 0.649. The van der Waals surface area contributed by atoms with Crippen molar-refractivity contribution in [2.45, 2.75) is 6.42 Å². The molecule has 9 heavy (non-hydrogen) atoms. The van der Waals surface area contributed by atoms with Crippen molar-refractivity contribution in [3.63, 3.8) is 0 Å². The van der Waals surface area contributed by atoms with E-state index >= 15 is 0 Å². The van der Waals surface area contributed by atoms with Gasteiger partial charge >= 0.3 is 0 Å². The summed E-state index contributed by atoms with van der Waals surface area (Å²) in [7, 11) is 1.74. The SMILES string of the molecule is COCC1CCN[N]C1. The van der Waals surface area contributed by atoms with Crippen molar-refractivity contribution in [3.05, 3.63) is 0 Å². The Labute approximate surface area is 55.7 Å². The van der Waals surface area contributed by atoms with Gasteiger partial charge in [0.05, 0.1) is 6.61 Å². The Morgan fingerprint density at radius 2 is 2.67 bits per heavy atom. The first-order chi connectivity index (χ1) is 4.43. The summed E-state index contributed by atoms with van der Waals surface area (Å²) in [5.41, 5.74) is 6.99. The van der Waals surface area contributed by atoms with Gasteiger partial charge in [-0.15, -0.1) is 0 Å². The summed E-state index contributed by atoms with van der Waals surface area (Å²) >= 11 is 0. The van der Waals surface area contributed by atoms with Crippen LogP contribution in [0.3, 0.4) is 0 Å². The Morgan fingerprint density at radius 3 is 3.22 bits per heavy atom. The first kappa shape index (κ1) is 6.99. The van der Waals surface area contributed by atoms with Gasteiger partial charge in [-0.2, -0.15) is 5.43 Å². The van der Waals surface area contributed by atoms with Gasteiger partial charge in [-0.1, -0.05) is 0 Å². The van der Waals surface area contributed by atoms with Crippen molar-refractivity contribution in [1.82, 2.24) is 10.9 Å². The molecule has 1 radical (unpaired) electrons. The monoisotopic (exact) mass is 129 g/mol. The number of nitrogens with one attached hydrogen (secondary N) is 1. The van der Waals surface area contributed by atoms with Crippen LogP contribution in [-0.2, 0) is 4.74 Å². The van der Waals surface area contributed by atoms with Crippen molar-refractivity contribution in [1.29, 1.82) is 0 Å². The molecular weight excluding hydrogens is 116 g/mol. The molecular formula is C6H13N2O. The summed E-state index contributed by atoms with van der Waals surface area (Å²) in [6.07, 6.45) is 1.19. The Morgan fingerprint density at radius 1 is 1.78 bits per heavy atom. The summed E-state index contributed by atoms with van der Waals surface area (Å²) < 4.78 is 4.99. The molecule has 0 aromatic rings. The molecule has 1 aliphatic rings. The second-order valence-electron chi connectivity index (χ2n) is 2.36. The van der Waals surface area contributed by atoms with Crippen LogP contribution in [-0.4, -0.2) is 26.8 Å². The van der Waals surface area contributed by atoms with Crippen molar-refractivity contribution in [2.24, 2.45) is 5.92 Å². The topological polar surface area (TPSA) is 35.4 Å². The zero-order valence-electron chi connectivity index (χ0n) is 5.76. The number of methoxy groups -OCH3 is 1. The molecule has 0 spiro atoms. The van der Waals surface area contributed by atoms with Gasteiger partial charge in [-0.05, 0) is 12.3 Å². The third-order valence-corrected chi connectivity index (χ3v) is 1.53. The van der Waals surface area contributed by atoms with Gasteiger partial charge in [-0.25, -0.2) is 5.43 Å². The molecule has 0 aromatic heterocycles. The summed E-state index contributed by atoms with van der Waals surface area (Å²) in [5, 5.41) is 0. The molecule has 1 saturated heterocycles. The van der Waals surface area contributed by atoms with Gasteiger partial charge in [0.25, 0.3) is 0 Å². The lowest BCUT2D eigenvalue weighted by atomic mass is 10.1. The van der Waals surface area contributed by atoms with E-state index in [1.165, 1.54) is 6.42 Å². The first-order valence-corrected chi connectivity index (χ1v) is 3.32. The van der Waals surface area contributed by atoms with Gasteiger partial charge in [0.2, 0.25) is 0 Å². The highest BCUT2D eigenvalue weighted by Gasteiger charge is 2.12. The highest BCUT2D eigenvalue weighted by molar-refractivity contribution is 4.65. The quantitative estimate of drug-likeness (QED) is 0.558. The Kier molecular flexibility index (Phi) is 2.97. The molecule has 53 valence electrons. The summed E-state index contributed by atoms with van der Waals surface area (Å²) in [4.78, 5) is 0. The van der Waals surface area contributed by atoms with Crippen molar-refractivity contribution in [2.75, 3.05) is 26.8 Å². The largest absolute Gasteiger partial charge is 0.384 e. The van der Waals surface area contributed by atoms with E-state index in [0.29, 0.717) is 5.92 Å². The molecule has 1 fully saturated rings. The number of hydrogen-bond acceptors (Lipinski definition) is 2. The van der Waals surface area contributed by atoms with Crippen molar-refractivity contribution in [3.8, 4) is 0 Å². The Balaban J connectivity index is 2.08. The molecule has 1 rings (SSSR count). The number of nitrogens with zero attached hydrogens (tertiary/aromatic N) is 1. The molecule has 0 amide bonds. The van der Waals surface area contributed by atoms with Gasteiger partial charge in [-0.3, -0.25) is 0 Å². The van der Waals surface area contributed by atoms with Crippen LogP contribution in [0.2, 0.25) is 0 Å². The maximum atomic E-state index is 4.99. The van der Waals surface area contributed by atoms with Gasteiger partial charge in [0.1, 0.15) is 0 Å². The fourth-order valence-electron chi connectivity index (χ4n) is 1.00. The highest BCUT2D eigenvalue weighted by atomic mass is 16.5. The average molecular weight is 129 g/mol. The molecule has 3 nitrogen and oxygen atoms in total. The maximum absolute atomic E-state index is 4.99. The van der Waals surface area contributed by atoms with Crippen LogP contribution in [0.15, 0.2) is 0 Å². The van der Waals surface area contributed by atoms with Crippen LogP contribution in [0, 0.1) is 5.92 Å². The van der Waals surface area contributed by atoms with Crippen molar-refractivity contribution >= 4 is 0 Å². The lowest BCUT2D eigenvalue weighted by molar-refractivity contribution is 0.132. The Bertz CT molecular complexity index is 68.7. The molecule has 1 N–H and O–H groups in total. The average Bonchev–Trinajstić information content (AvgIpc) is 1.91. The lowest BCUT2D eigenvalue weighted by Crippen LogP contribution is -2.38. The van der Waals surface area contributed by atoms with E-state index in [1.54, 1.807) is 7.11 Å². The summed E-state index contributed by atoms with van der Waals surface area (Å²) in [6, 6.07) is 0. The molecule has 0 bridgehead atoms. The zero-order valence-corrected chi connectivity index (χ0v) is 5.76. The second-order valence-corrected chi connectivity index (χ2v) is 2.36. The molecule has 3 heteroatoms. The zero-order chi connectivity index (χ0) is 6.53. The third-order valence-electron chi connectivity index (χ3n) is 1.53.